The number of thiazole rings is 1. The van der Waals surface area contributed by atoms with Gasteiger partial charge in [-0.1, -0.05) is 30.3 Å². The first kappa shape index (κ1) is 18.7. The minimum atomic E-state index is -1.69. The lowest BCUT2D eigenvalue weighted by Crippen LogP contribution is -2.35. The zero-order valence-corrected chi connectivity index (χ0v) is 14.7. The molecule has 0 spiro atoms. The average molecular weight is 388 g/mol. The summed E-state index contributed by atoms with van der Waals surface area (Å²) in [6.45, 7) is 0. The molecule has 138 valence electrons. The maximum atomic E-state index is 13.9. The second kappa shape index (κ2) is 8.05. The number of carbonyl (C=O) groups excluding carboxylic acids is 1. The van der Waals surface area contributed by atoms with Crippen molar-refractivity contribution in [1.29, 1.82) is 0 Å². The highest BCUT2D eigenvalue weighted by atomic mass is 32.1. The van der Waals surface area contributed by atoms with Gasteiger partial charge in [0.2, 0.25) is 5.91 Å². The van der Waals surface area contributed by atoms with Gasteiger partial charge in [0.15, 0.2) is 6.04 Å². The fourth-order valence-corrected chi connectivity index (χ4v) is 3.31. The fourth-order valence-electron chi connectivity index (χ4n) is 2.49. The van der Waals surface area contributed by atoms with Crippen molar-refractivity contribution in [3.05, 3.63) is 76.8 Å². The van der Waals surface area contributed by atoms with Crippen molar-refractivity contribution in [2.24, 2.45) is 0 Å². The number of nitrogens with zero attached hydrogens (tertiary/aromatic N) is 1. The third-order valence-corrected chi connectivity index (χ3v) is 4.68. The molecule has 1 amide bonds. The van der Waals surface area contributed by atoms with Gasteiger partial charge in [0.1, 0.15) is 16.6 Å². The van der Waals surface area contributed by atoms with E-state index in [9.17, 15) is 23.5 Å². The first-order valence-electron chi connectivity index (χ1n) is 7.91. The highest BCUT2D eigenvalue weighted by molar-refractivity contribution is 7.13. The molecular formula is C19H14F2N2O3S. The number of hydrogen-bond donors (Lipinski definition) is 2. The van der Waals surface area contributed by atoms with Crippen LogP contribution in [0.2, 0.25) is 0 Å². The normalized spacial score (nSPS) is 11.8. The molecule has 0 saturated heterocycles. The van der Waals surface area contributed by atoms with Gasteiger partial charge in [-0.05, 0) is 18.2 Å². The Morgan fingerprint density at radius 1 is 1.15 bits per heavy atom. The molecule has 0 radical (unpaired) electrons. The van der Waals surface area contributed by atoms with Crippen LogP contribution >= 0.6 is 11.3 Å². The Hall–Kier alpha value is -3.13. The molecule has 2 N–H and O–H groups in total. The number of rotatable bonds is 6. The lowest BCUT2D eigenvalue weighted by atomic mass is 10.1. The Bertz CT molecular complexity index is 976. The van der Waals surface area contributed by atoms with Crippen molar-refractivity contribution < 1.29 is 23.5 Å². The molecule has 0 aliphatic rings. The minimum Gasteiger partial charge on any atom is -0.479 e. The molecule has 0 fully saturated rings. The van der Waals surface area contributed by atoms with Crippen molar-refractivity contribution in [3.63, 3.8) is 0 Å². The second-order valence-corrected chi connectivity index (χ2v) is 6.55. The highest BCUT2D eigenvalue weighted by Crippen LogP contribution is 2.24. The van der Waals surface area contributed by atoms with Gasteiger partial charge in [-0.15, -0.1) is 11.3 Å². The summed E-state index contributed by atoms with van der Waals surface area (Å²) in [4.78, 5) is 28.0. The monoisotopic (exact) mass is 388 g/mol. The van der Waals surface area contributed by atoms with Crippen LogP contribution in [0.25, 0.3) is 10.6 Å². The number of halogens is 2. The molecule has 1 atom stereocenters. The first-order chi connectivity index (χ1) is 12.9. The van der Waals surface area contributed by atoms with Crippen molar-refractivity contribution in [2.45, 2.75) is 12.5 Å². The number of carboxylic acid groups (broad SMARTS) is 1. The van der Waals surface area contributed by atoms with Crippen molar-refractivity contribution >= 4 is 23.2 Å². The SMILES string of the molecule is O=C(Cc1csc(-c2ccccc2)n1)NC(C(=O)O)c1cc(F)ccc1F. The van der Waals surface area contributed by atoms with E-state index >= 15 is 0 Å². The largest absolute Gasteiger partial charge is 0.479 e. The third kappa shape index (κ3) is 4.53. The molecule has 2 aromatic carbocycles. The number of aliphatic carboxylic acids is 1. The topological polar surface area (TPSA) is 79.3 Å². The van der Waals surface area contributed by atoms with Crippen LogP contribution in [0.4, 0.5) is 8.78 Å². The Morgan fingerprint density at radius 3 is 2.59 bits per heavy atom. The summed E-state index contributed by atoms with van der Waals surface area (Å²) >= 11 is 1.35. The summed E-state index contributed by atoms with van der Waals surface area (Å²) in [6.07, 6.45) is -0.177. The maximum absolute atomic E-state index is 13.9. The van der Waals surface area contributed by atoms with Crippen LogP contribution < -0.4 is 5.32 Å². The first-order valence-corrected chi connectivity index (χ1v) is 8.79. The molecule has 1 aromatic heterocycles. The molecule has 3 aromatic rings. The van der Waals surface area contributed by atoms with Crippen LogP contribution in [0.5, 0.6) is 0 Å². The van der Waals surface area contributed by atoms with Gasteiger partial charge in [0, 0.05) is 16.5 Å². The predicted molar refractivity (Wildman–Crippen MR) is 96.1 cm³/mol. The molecular weight excluding hydrogens is 374 g/mol. The molecule has 0 saturated carbocycles. The fraction of sp³-hybridized carbons (Fsp3) is 0.105. The summed E-state index contributed by atoms with van der Waals surface area (Å²) in [6, 6.07) is 10.1. The number of nitrogens with one attached hydrogen (secondary N) is 1. The number of benzene rings is 2. The lowest BCUT2D eigenvalue weighted by molar-refractivity contribution is -0.142. The maximum Gasteiger partial charge on any atom is 0.331 e. The Morgan fingerprint density at radius 2 is 1.89 bits per heavy atom. The van der Waals surface area contributed by atoms with Gasteiger partial charge in [0.25, 0.3) is 0 Å². The van der Waals surface area contributed by atoms with Gasteiger partial charge in [-0.3, -0.25) is 4.79 Å². The van der Waals surface area contributed by atoms with E-state index in [1.165, 1.54) is 11.3 Å². The summed E-state index contributed by atoms with van der Waals surface area (Å²) in [5.74, 6) is -3.85. The summed E-state index contributed by atoms with van der Waals surface area (Å²) in [5.41, 5.74) is 0.915. The minimum absolute atomic E-state index is 0.177. The molecule has 27 heavy (non-hydrogen) atoms. The summed E-state index contributed by atoms with van der Waals surface area (Å²) in [7, 11) is 0. The van der Waals surface area contributed by atoms with Crippen LogP contribution in [0.3, 0.4) is 0 Å². The van der Waals surface area contributed by atoms with Gasteiger partial charge in [-0.2, -0.15) is 0 Å². The molecule has 0 bridgehead atoms. The average Bonchev–Trinajstić information content (AvgIpc) is 3.11. The predicted octanol–water partition coefficient (Wildman–Crippen LogP) is 3.57. The summed E-state index contributed by atoms with van der Waals surface area (Å²) in [5, 5.41) is 13.9. The Balaban J connectivity index is 1.73. The van der Waals surface area contributed by atoms with E-state index < -0.39 is 35.1 Å². The van der Waals surface area contributed by atoms with Crippen LogP contribution in [0, 0.1) is 11.6 Å². The van der Waals surface area contributed by atoms with E-state index in [4.69, 9.17) is 0 Å². The van der Waals surface area contributed by atoms with Crippen LogP contribution in [-0.4, -0.2) is 22.0 Å². The zero-order valence-electron chi connectivity index (χ0n) is 13.9. The molecule has 1 unspecified atom stereocenters. The Labute approximate surface area is 157 Å². The number of hydrogen-bond acceptors (Lipinski definition) is 4. The number of aromatic nitrogens is 1. The molecule has 3 rings (SSSR count). The smallest absolute Gasteiger partial charge is 0.331 e. The van der Waals surface area contributed by atoms with Crippen LogP contribution in [0.1, 0.15) is 17.3 Å². The van der Waals surface area contributed by atoms with E-state index in [0.29, 0.717) is 5.69 Å². The molecule has 1 heterocycles. The third-order valence-electron chi connectivity index (χ3n) is 3.74. The Kier molecular flexibility index (Phi) is 5.56. The zero-order chi connectivity index (χ0) is 19.4. The quantitative estimate of drug-likeness (QED) is 0.677. The molecule has 0 aliphatic heterocycles. The number of amides is 1. The molecule has 8 heteroatoms. The van der Waals surface area contributed by atoms with Gasteiger partial charge in [0.05, 0.1) is 12.1 Å². The number of carbonyl (C=O) groups is 2. The molecule has 0 aliphatic carbocycles. The van der Waals surface area contributed by atoms with Crippen molar-refractivity contribution in [3.8, 4) is 10.6 Å². The van der Waals surface area contributed by atoms with Gasteiger partial charge >= 0.3 is 5.97 Å². The van der Waals surface area contributed by atoms with E-state index in [1.807, 2.05) is 30.3 Å². The number of carboxylic acids is 1. The van der Waals surface area contributed by atoms with Gasteiger partial charge in [-0.25, -0.2) is 18.6 Å². The standard InChI is InChI=1S/C19H14F2N2O3S/c20-12-6-7-15(21)14(8-12)17(19(25)26)23-16(24)9-13-10-27-18(22-13)11-4-2-1-3-5-11/h1-8,10,17H,9H2,(H,23,24)(H,25,26). The molecule has 5 nitrogen and oxygen atoms in total. The van der Waals surface area contributed by atoms with E-state index in [1.54, 1.807) is 5.38 Å². The van der Waals surface area contributed by atoms with Crippen LogP contribution in [-0.2, 0) is 16.0 Å². The van der Waals surface area contributed by atoms with Crippen LogP contribution in [0.15, 0.2) is 53.9 Å². The van der Waals surface area contributed by atoms with Crippen molar-refractivity contribution in [1.82, 2.24) is 10.3 Å². The lowest BCUT2D eigenvalue weighted by Gasteiger charge is -2.15. The summed E-state index contributed by atoms with van der Waals surface area (Å²) < 4.78 is 27.2. The van der Waals surface area contributed by atoms with E-state index in [2.05, 4.69) is 10.3 Å². The highest BCUT2D eigenvalue weighted by Gasteiger charge is 2.26. The van der Waals surface area contributed by atoms with E-state index in [0.717, 1.165) is 28.8 Å². The van der Waals surface area contributed by atoms with Gasteiger partial charge < -0.3 is 10.4 Å². The second-order valence-electron chi connectivity index (χ2n) is 5.69. The van der Waals surface area contributed by atoms with E-state index in [-0.39, 0.29) is 6.42 Å². The van der Waals surface area contributed by atoms with Crippen molar-refractivity contribution in [2.75, 3.05) is 0 Å².